The minimum atomic E-state index is 0.517. The molecule has 2 rings (SSSR count). The molecular formula is C17H29NO. The molecule has 0 saturated heterocycles. The summed E-state index contributed by atoms with van der Waals surface area (Å²) < 4.78 is 5.60. The van der Waals surface area contributed by atoms with Crippen LogP contribution in [0.4, 0.5) is 0 Å². The Morgan fingerprint density at radius 1 is 1.21 bits per heavy atom. The highest BCUT2D eigenvalue weighted by atomic mass is 16.3. The van der Waals surface area contributed by atoms with E-state index in [1.807, 2.05) is 13.0 Å². The van der Waals surface area contributed by atoms with E-state index >= 15 is 0 Å². The molecule has 1 aliphatic carbocycles. The first-order chi connectivity index (χ1) is 9.01. The SMILES string of the molecule is CCC(C)(C)C1CCC(NCc2ccc(C)o2)CC1. The standard InChI is InChI=1S/C17H29NO/c1-5-17(3,4)14-7-9-15(10-8-14)18-12-16-11-6-13(2)19-16/h6,11,14-15,18H,5,7-10,12H2,1-4H3. The summed E-state index contributed by atoms with van der Waals surface area (Å²) >= 11 is 0. The van der Waals surface area contributed by atoms with Crippen molar-refractivity contribution in [2.75, 3.05) is 0 Å². The van der Waals surface area contributed by atoms with Crippen LogP contribution in [0.15, 0.2) is 16.5 Å². The van der Waals surface area contributed by atoms with Gasteiger partial charge < -0.3 is 9.73 Å². The molecule has 1 aliphatic rings. The lowest BCUT2D eigenvalue weighted by Crippen LogP contribution is -2.36. The Bertz CT molecular complexity index is 386. The molecule has 1 aromatic rings. The largest absolute Gasteiger partial charge is 0.465 e. The molecule has 0 aliphatic heterocycles. The van der Waals surface area contributed by atoms with Crippen LogP contribution in [0.1, 0.15) is 64.4 Å². The average Bonchev–Trinajstić information content (AvgIpc) is 2.83. The lowest BCUT2D eigenvalue weighted by Gasteiger charge is -2.39. The van der Waals surface area contributed by atoms with Crippen molar-refractivity contribution in [1.29, 1.82) is 0 Å². The van der Waals surface area contributed by atoms with Gasteiger partial charge in [-0.25, -0.2) is 0 Å². The summed E-state index contributed by atoms with van der Waals surface area (Å²) in [6.45, 7) is 10.1. The van der Waals surface area contributed by atoms with Gasteiger partial charge in [-0.3, -0.25) is 0 Å². The third-order valence-electron chi connectivity index (χ3n) is 5.10. The molecule has 0 spiro atoms. The van der Waals surface area contributed by atoms with Gasteiger partial charge in [0.15, 0.2) is 0 Å². The van der Waals surface area contributed by atoms with Crippen molar-refractivity contribution in [2.45, 2.75) is 72.4 Å². The summed E-state index contributed by atoms with van der Waals surface area (Å²) in [4.78, 5) is 0. The molecule has 1 heterocycles. The van der Waals surface area contributed by atoms with Crippen LogP contribution in [0.5, 0.6) is 0 Å². The second-order valence-corrected chi connectivity index (χ2v) is 6.78. The van der Waals surface area contributed by atoms with Crippen molar-refractivity contribution in [2.24, 2.45) is 11.3 Å². The second-order valence-electron chi connectivity index (χ2n) is 6.78. The molecule has 0 amide bonds. The van der Waals surface area contributed by atoms with Gasteiger partial charge in [0.25, 0.3) is 0 Å². The van der Waals surface area contributed by atoms with E-state index in [0.29, 0.717) is 11.5 Å². The molecular weight excluding hydrogens is 234 g/mol. The van der Waals surface area contributed by atoms with E-state index in [0.717, 1.165) is 24.0 Å². The van der Waals surface area contributed by atoms with Crippen LogP contribution in [-0.4, -0.2) is 6.04 Å². The van der Waals surface area contributed by atoms with Crippen LogP contribution in [0.2, 0.25) is 0 Å². The zero-order valence-electron chi connectivity index (χ0n) is 13.0. The molecule has 19 heavy (non-hydrogen) atoms. The van der Waals surface area contributed by atoms with Gasteiger partial charge in [-0.05, 0) is 56.1 Å². The van der Waals surface area contributed by atoms with Crippen LogP contribution < -0.4 is 5.32 Å². The maximum Gasteiger partial charge on any atom is 0.117 e. The van der Waals surface area contributed by atoms with Crippen molar-refractivity contribution in [3.63, 3.8) is 0 Å². The fraction of sp³-hybridized carbons (Fsp3) is 0.765. The quantitative estimate of drug-likeness (QED) is 0.835. The van der Waals surface area contributed by atoms with E-state index < -0.39 is 0 Å². The summed E-state index contributed by atoms with van der Waals surface area (Å²) in [6.07, 6.45) is 6.66. The van der Waals surface area contributed by atoms with Gasteiger partial charge in [0.05, 0.1) is 6.54 Å². The Morgan fingerprint density at radius 2 is 1.89 bits per heavy atom. The number of hydrogen-bond acceptors (Lipinski definition) is 2. The van der Waals surface area contributed by atoms with E-state index in [4.69, 9.17) is 4.42 Å². The normalized spacial score (nSPS) is 24.6. The summed E-state index contributed by atoms with van der Waals surface area (Å²) in [7, 11) is 0. The van der Waals surface area contributed by atoms with Crippen molar-refractivity contribution in [3.8, 4) is 0 Å². The molecule has 2 heteroatoms. The Kier molecular flexibility index (Phi) is 4.72. The number of furan rings is 1. The van der Waals surface area contributed by atoms with Crippen molar-refractivity contribution in [1.82, 2.24) is 5.32 Å². The van der Waals surface area contributed by atoms with Crippen molar-refractivity contribution >= 4 is 0 Å². The third-order valence-corrected chi connectivity index (χ3v) is 5.10. The minimum absolute atomic E-state index is 0.517. The second kappa shape index (κ2) is 6.13. The highest BCUT2D eigenvalue weighted by Crippen LogP contribution is 2.40. The first-order valence-corrected chi connectivity index (χ1v) is 7.80. The number of hydrogen-bond donors (Lipinski definition) is 1. The Labute approximate surface area is 118 Å². The lowest BCUT2D eigenvalue weighted by atomic mass is 9.69. The van der Waals surface area contributed by atoms with Crippen molar-refractivity contribution in [3.05, 3.63) is 23.7 Å². The van der Waals surface area contributed by atoms with Crippen LogP contribution in [0, 0.1) is 18.3 Å². The van der Waals surface area contributed by atoms with E-state index in [1.165, 1.54) is 32.1 Å². The van der Waals surface area contributed by atoms with Gasteiger partial charge >= 0.3 is 0 Å². The summed E-state index contributed by atoms with van der Waals surface area (Å²) in [6, 6.07) is 4.79. The molecule has 0 aromatic carbocycles. The molecule has 2 nitrogen and oxygen atoms in total. The lowest BCUT2D eigenvalue weighted by molar-refractivity contribution is 0.136. The minimum Gasteiger partial charge on any atom is -0.465 e. The maximum absolute atomic E-state index is 5.60. The highest BCUT2D eigenvalue weighted by molar-refractivity contribution is 5.05. The fourth-order valence-electron chi connectivity index (χ4n) is 3.19. The molecule has 1 fully saturated rings. The van der Waals surface area contributed by atoms with Gasteiger partial charge in [0.1, 0.15) is 11.5 Å². The zero-order chi connectivity index (χ0) is 13.9. The Balaban J connectivity index is 1.74. The first kappa shape index (κ1) is 14.6. The molecule has 1 N–H and O–H groups in total. The molecule has 1 saturated carbocycles. The molecule has 0 unspecified atom stereocenters. The van der Waals surface area contributed by atoms with E-state index in [1.54, 1.807) is 0 Å². The highest BCUT2D eigenvalue weighted by Gasteiger charge is 2.31. The van der Waals surface area contributed by atoms with Gasteiger partial charge in [0.2, 0.25) is 0 Å². The molecule has 1 aromatic heterocycles. The van der Waals surface area contributed by atoms with Crippen LogP contribution in [0.25, 0.3) is 0 Å². The van der Waals surface area contributed by atoms with E-state index in [2.05, 4.69) is 32.2 Å². The molecule has 0 atom stereocenters. The smallest absolute Gasteiger partial charge is 0.117 e. The number of aryl methyl sites for hydroxylation is 1. The summed E-state index contributed by atoms with van der Waals surface area (Å²) in [5.41, 5.74) is 0.517. The van der Waals surface area contributed by atoms with Crippen LogP contribution >= 0.6 is 0 Å². The van der Waals surface area contributed by atoms with Gasteiger partial charge in [-0.2, -0.15) is 0 Å². The molecule has 108 valence electrons. The average molecular weight is 263 g/mol. The van der Waals surface area contributed by atoms with E-state index in [9.17, 15) is 0 Å². The van der Waals surface area contributed by atoms with Gasteiger partial charge in [0, 0.05) is 6.04 Å². The third kappa shape index (κ3) is 3.85. The predicted octanol–water partition coefficient (Wildman–Crippen LogP) is 4.67. The number of rotatable bonds is 5. The summed E-state index contributed by atoms with van der Waals surface area (Å²) in [5.74, 6) is 2.97. The topological polar surface area (TPSA) is 25.2 Å². The first-order valence-electron chi connectivity index (χ1n) is 7.80. The van der Waals surface area contributed by atoms with E-state index in [-0.39, 0.29) is 0 Å². The fourth-order valence-corrected chi connectivity index (χ4v) is 3.19. The van der Waals surface area contributed by atoms with Gasteiger partial charge in [-0.1, -0.05) is 27.2 Å². The number of nitrogens with one attached hydrogen (secondary N) is 1. The predicted molar refractivity (Wildman–Crippen MR) is 80.1 cm³/mol. The van der Waals surface area contributed by atoms with Crippen LogP contribution in [0.3, 0.4) is 0 Å². The van der Waals surface area contributed by atoms with Crippen LogP contribution in [-0.2, 0) is 6.54 Å². The molecule has 0 bridgehead atoms. The molecule has 0 radical (unpaired) electrons. The zero-order valence-corrected chi connectivity index (χ0v) is 13.0. The summed E-state index contributed by atoms with van der Waals surface area (Å²) in [5, 5.41) is 3.65. The Morgan fingerprint density at radius 3 is 2.42 bits per heavy atom. The maximum atomic E-state index is 5.60. The van der Waals surface area contributed by atoms with Gasteiger partial charge in [-0.15, -0.1) is 0 Å². The Hall–Kier alpha value is -0.760. The monoisotopic (exact) mass is 263 g/mol. The van der Waals surface area contributed by atoms with Crippen molar-refractivity contribution < 1.29 is 4.42 Å².